The Balaban J connectivity index is 2.19. The van der Waals surface area contributed by atoms with E-state index in [4.69, 9.17) is 5.84 Å². The smallest absolute Gasteiger partial charge is 0.255 e. The summed E-state index contributed by atoms with van der Waals surface area (Å²) in [5, 5.41) is 0. The molecule has 0 saturated carbocycles. The molecule has 1 aromatic rings. The Labute approximate surface area is 108 Å². The lowest BCUT2D eigenvalue weighted by molar-refractivity contribution is -0.126. The summed E-state index contributed by atoms with van der Waals surface area (Å²) in [6.45, 7) is 4.14. The molecule has 2 unspecified atom stereocenters. The van der Waals surface area contributed by atoms with Gasteiger partial charge in [-0.25, -0.2) is 5.84 Å². The Morgan fingerprint density at radius 3 is 2.78 bits per heavy atom. The molecule has 0 aliphatic carbocycles. The molecule has 18 heavy (non-hydrogen) atoms. The average molecular weight is 247 g/mol. The number of carbonyl (C=O) groups is 1. The summed E-state index contributed by atoms with van der Waals surface area (Å²) in [5.74, 6) is 5.89. The van der Waals surface area contributed by atoms with Crippen LogP contribution in [0, 0.1) is 5.92 Å². The predicted octanol–water partition coefficient (Wildman–Crippen LogP) is 1.45. The minimum atomic E-state index is -0.257. The maximum atomic E-state index is 12.0. The van der Waals surface area contributed by atoms with E-state index < -0.39 is 0 Å². The number of carbonyl (C=O) groups excluding carboxylic acids is 1. The molecule has 4 nitrogen and oxygen atoms in total. The molecule has 1 saturated heterocycles. The first kappa shape index (κ1) is 13.1. The Morgan fingerprint density at radius 1 is 1.50 bits per heavy atom. The number of nitrogens with two attached hydrogens (primary N) is 1. The lowest BCUT2D eigenvalue weighted by Crippen LogP contribution is -2.42. The van der Waals surface area contributed by atoms with Crippen LogP contribution in [0.1, 0.15) is 31.4 Å². The lowest BCUT2D eigenvalue weighted by Gasteiger charge is -2.26. The molecular weight excluding hydrogens is 226 g/mol. The second-order valence-corrected chi connectivity index (χ2v) is 4.88. The number of hydrogen-bond acceptors (Lipinski definition) is 3. The highest BCUT2D eigenvalue weighted by Crippen LogP contribution is 2.29. The maximum Gasteiger partial charge on any atom is 0.255 e. The van der Waals surface area contributed by atoms with Crippen LogP contribution in [0.4, 0.5) is 0 Å². The Morgan fingerprint density at radius 2 is 2.22 bits per heavy atom. The highest BCUT2D eigenvalue weighted by Gasteiger charge is 2.32. The number of nitrogens with zero attached hydrogens (tertiary/aromatic N) is 1. The molecule has 0 radical (unpaired) electrons. The minimum Gasteiger partial charge on any atom is -0.293 e. The average Bonchev–Trinajstić information content (AvgIpc) is 2.88. The van der Waals surface area contributed by atoms with Crippen molar-refractivity contribution < 1.29 is 4.79 Å². The summed E-state index contributed by atoms with van der Waals surface area (Å²) in [6, 6.07) is 9.59. The first-order chi connectivity index (χ1) is 8.76. The zero-order valence-corrected chi connectivity index (χ0v) is 10.8. The van der Waals surface area contributed by atoms with Crippen LogP contribution in [0.2, 0.25) is 0 Å². The van der Waals surface area contributed by atoms with Gasteiger partial charge in [0.1, 0.15) is 6.04 Å². The molecule has 1 amide bonds. The Bertz CT molecular complexity index is 393. The molecule has 2 rings (SSSR count). The van der Waals surface area contributed by atoms with Crippen LogP contribution in [-0.2, 0) is 4.79 Å². The largest absolute Gasteiger partial charge is 0.293 e. The van der Waals surface area contributed by atoms with Crippen molar-refractivity contribution in [2.24, 2.45) is 11.8 Å². The highest BCUT2D eigenvalue weighted by molar-refractivity contribution is 5.82. The molecule has 1 aliphatic heterocycles. The van der Waals surface area contributed by atoms with E-state index in [1.807, 2.05) is 30.3 Å². The van der Waals surface area contributed by atoms with Gasteiger partial charge in [0.15, 0.2) is 0 Å². The van der Waals surface area contributed by atoms with Crippen LogP contribution in [0.3, 0.4) is 0 Å². The molecular formula is C14H21N3O. The quantitative estimate of drug-likeness (QED) is 0.481. The van der Waals surface area contributed by atoms with Crippen molar-refractivity contribution in [2.75, 3.05) is 13.1 Å². The van der Waals surface area contributed by atoms with Crippen LogP contribution < -0.4 is 11.3 Å². The summed E-state index contributed by atoms with van der Waals surface area (Å²) in [6.07, 6.45) is 2.33. The number of hydrogen-bond donors (Lipinski definition) is 2. The van der Waals surface area contributed by atoms with Crippen molar-refractivity contribution in [1.29, 1.82) is 0 Å². The second-order valence-electron chi connectivity index (χ2n) is 4.88. The third-order valence-corrected chi connectivity index (χ3v) is 3.77. The van der Waals surface area contributed by atoms with Crippen LogP contribution in [-0.4, -0.2) is 23.9 Å². The first-order valence-electron chi connectivity index (χ1n) is 6.55. The summed E-state index contributed by atoms with van der Waals surface area (Å²) in [5.41, 5.74) is 3.30. The maximum absolute atomic E-state index is 12.0. The van der Waals surface area contributed by atoms with E-state index in [1.54, 1.807) is 0 Å². The van der Waals surface area contributed by atoms with E-state index in [2.05, 4.69) is 17.2 Å². The van der Waals surface area contributed by atoms with Gasteiger partial charge in [-0.15, -0.1) is 0 Å². The van der Waals surface area contributed by atoms with Gasteiger partial charge in [-0.3, -0.25) is 15.1 Å². The van der Waals surface area contributed by atoms with Gasteiger partial charge < -0.3 is 0 Å². The van der Waals surface area contributed by atoms with Crippen molar-refractivity contribution in [3.8, 4) is 0 Å². The molecule has 1 heterocycles. The molecule has 0 bridgehead atoms. The summed E-state index contributed by atoms with van der Waals surface area (Å²) < 4.78 is 0. The first-order valence-corrected chi connectivity index (χ1v) is 6.55. The van der Waals surface area contributed by atoms with Crippen molar-refractivity contribution in [3.63, 3.8) is 0 Å². The summed E-state index contributed by atoms with van der Waals surface area (Å²) >= 11 is 0. The van der Waals surface area contributed by atoms with Gasteiger partial charge in [0.05, 0.1) is 0 Å². The van der Waals surface area contributed by atoms with Gasteiger partial charge in [0.2, 0.25) is 0 Å². The van der Waals surface area contributed by atoms with E-state index in [1.165, 1.54) is 6.42 Å². The number of nitrogens with one attached hydrogen (secondary N) is 1. The number of benzene rings is 1. The number of hydrazine groups is 1. The molecule has 0 aromatic heterocycles. The zero-order valence-electron chi connectivity index (χ0n) is 10.8. The van der Waals surface area contributed by atoms with E-state index in [9.17, 15) is 4.79 Å². The molecule has 1 aromatic carbocycles. The normalized spacial score (nSPS) is 21.8. The summed E-state index contributed by atoms with van der Waals surface area (Å²) in [7, 11) is 0. The fourth-order valence-electron chi connectivity index (χ4n) is 2.67. The van der Waals surface area contributed by atoms with Crippen molar-refractivity contribution >= 4 is 5.91 Å². The van der Waals surface area contributed by atoms with E-state index >= 15 is 0 Å². The number of amides is 1. The molecule has 98 valence electrons. The third kappa shape index (κ3) is 2.71. The van der Waals surface area contributed by atoms with Crippen molar-refractivity contribution in [2.45, 2.75) is 25.8 Å². The number of likely N-dealkylation sites (tertiary alicyclic amines) is 1. The Hall–Kier alpha value is -1.39. The monoisotopic (exact) mass is 247 g/mol. The predicted molar refractivity (Wildman–Crippen MR) is 71.5 cm³/mol. The molecule has 2 atom stereocenters. The standard InChI is InChI=1S/C14H21N3O/c1-2-11-8-9-17(10-11)13(14(18)16-15)12-6-4-3-5-7-12/h3-7,11,13H,2,8-10,15H2,1H3,(H,16,18). The fourth-order valence-corrected chi connectivity index (χ4v) is 2.67. The molecule has 4 heteroatoms. The van der Waals surface area contributed by atoms with Crippen molar-refractivity contribution in [1.82, 2.24) is 10.3 Å². The topological polar surface area (TPSA) is 58.4 Å². The van der Waals surface area contributed by atoms with Gasteiger partial charge in [-0.1, -0.05) is 43.7 Å². The fraction of sp³-hybridized carbons (Fsp3) is 0.500. The van der Waals surface area contributed by atoms with Gasteiger partial charge in [-0.2, -0.15) is 0 Å². The molecule has 3 N–H and O–H groups in total. The molecule has 0 spiro atoms. The molecule has 1 fully saturated rings. The minimum absolute atomic E-state index is 0.127. The second kappa shape index (κ2) is 5.98. The zero-order chi connectivity index (χ0) is 13.0. The Kier molecular flexibility index (Phi) is 4.33. The van der Waals surface area contributed by atoms with Gasteiger partial charge in [0, 0.05) is 6.54 Å². The van der Waals surface area contributed by atoms with Gasteiger partial charge >= 0.3 is 0 Å². The number of rotatable bonds is 4. The van der Waals surface area contributed by atoms with Crippen LogP contribution in [0.5, 0.6) is 0 Å². The lowest BCUT2D eigenvalue weighted by atomic mass is 10.0. The van der Waals surface area contributed by atoms with Crippen LogP contribution in [0.15, 0.2) is 30.3 Å². The van der Waals surface area contributed by atoms with E-state index in [0.29, 0.717) is 5.92 Å². The SMILES string of the molecule is CCC1CCN(C(C(=O)NN)c2ccccc2)C1. The van der Waals surface area contributed by atoms with Crippen molar-refractivity contribution in [3.05, 3.63) is 35.9 Å². The third-order valence-electron chi connectivity index (χ3n) is 3.77. The van der Waals surface area contributed by atoms with Crippen LogP contribution >= 0.6 is 0 Å². The molecule has 1 aliphatic rings. The van der Waals surface area contributed by atoms with E-state index in [0.717, 1.165) is 25.1 Å². The highest BCUT2D eigenvalue weighted by atomic mass is 16.2. The van der Waals surface area contributed by atoms with Crippen LogP contribution in [0.25, 0.3) is 0 Å². The summed E-state index contributed by atoms with van der Waals surface area (Å²) in [4.78, 5) is 14.2. The van der Waals surface area contributed by atoms with Gasteiger partial charge in [0.25, 0.3) is 5.91 Å². The van der Waals surface area contributed by atoms with Gasteiger partial charge in [-0.05, 0) is 24.4 Å². The van der Waals surface area contributed by atoms with E-state index in [-0.39, 0.29) is 11.9 Å².